The molecule has 2 N–H and O–H groups in total. The van der Waals surface area contributed by atoms with E-state index in [1.54, 1.807) is 12.1 Å². The van der Waals surface area contributed by atoms with Gasteiger partial charge in [-0.25, -0.2) is 22.3 Å². The fraction of sp³-hybridized carbons (Fsp3) is 0.381. The number of nitrogens with one attached hydrogen (secondary N) is 2. The van der Waals surface area contributed by atoms with Gasteiger partial charge in [0, 0.05) is 10.7 Å². The standard InChI is InChI=1S/C21H24ClFN2O4S/c1-11(2)15-8-14(22)9-16(12(3)4)20(15)24-21(26)25-30(27,28)19-7-13(18-10-29-18)5-6-17(19)23/h5-9,11-12,18H,10H2,1-4H3,(H2,24,25,26)/i21+2. The van der Waals surface area contributed by atoms with Gasteiger partial charge in [0.1, 0.15) is 16.8 Å². The van der Waals surface area contributed by atoms with E-state index in [-0.39, 0.29) is 17.9 Å². The van der Waals surface area contributed by atoms with Gasteiger partial charge in [-0.05, 0) is 52.8 Å². The molecule has 0 bridgehead atoms. The Bertz CT molecular complexity index is 1050. The second-order valence-corrected chi connectivity index (χ2v) is 9.93. The van der Waals surface area contributed by atoms with E-state index in [0.29, 0.717) is 22.9 Å². The maximum atomic E-state index is 14.2. The molecule has 0 aliphatic carbocycles. The Morgan fingerprint density at radius 3 is 2.20 bits per heavy atom. The highest BCUT2D eigenvalue weighted by Crippen LogP contribution is 2.36. The van der Waals surface area contributed by atoms with E-state index in [0.717, 1.165) is 17.2 Å². The number of halogens is 2. The molecule has 1 unspecified atom stereocenters. The first-order valence-corrected chi connectivity index (χ1v) is 11.4. The monoisotopic (exact) mass is 456 g/mol. The lowest BCUT2D eigenvalue weighted by Crippen LogP contribution is -2.35. The molecule has 6 nitrogen and oxygen atoms in total. The first kappa shape index (κ1) is 22.5. The minimum Gasteiger partial charge on any atom is -0.368 e. The molecule has 2 amide bonds. The van der Waals surface area contributed by atoms with Crippen LogP contribution in [0.3, 0.4) is 0 Å². The SMILES string of the molecule is CC(C)c1cc(Cl)cc(C(C)C)c1N[14C](=O)NS(=O)(=O)c1cc(C2CO2)ccc1F. The smallest absolute Gasteiger partial charge is 0.333 e. The lowest BCUT2D eigenvalue weighted by atomic mass is 9.93. The third kappa shape index (κ3) is 4.94. The topological polar surface area (TPSA) is 87.8 Å². The molecule has 3 rings (SSSR count). The van der Waals surface area contributed by atoms with Gasteiger partial charge < -0.3 is 10.1 Å². The molecule has 1 aliphatic heterocycles. The Morgan fingerprint density at radius 2 is 1.70 bits per heavy atom. The number of carbonyl (C=O) groups is 1. The second kappa shape index (κ2) is 8.53. The van der Waals surface area contributed by atoms with Gasteiger partial charge in [-0.15, -0.1) is 0 Å². The largest absolute Gasteiger partial charge is 0.368 e. The first-order valence-electron chi connectivity index (χ1n) is 9.57. The zero-order valence-corrected chi connectivity index (χ0v) is 18.7. The zero-order valence-electron chi connectivity index (χ0n) is 17.1. The van der Waals surface area contributed by atoms with Crippen LogP contribution < -0.4 is 10.0 Å². The maximum Gasteiger partial charge on any atom is 0.333 e. The van der Waals surface area contributed by atoms with Gasteiger partial charge in [-0.3, -0.25) is 0 Å². The average molecular weight is 457 g/mol. The molecule has 0 aromatic heterocycles. The van der Waals surface area contributed by atoms with Gasteiger partial charge >= 0.3 is 6.03 Å². The van der Waals surface area contributed by atoms with Crippen LogP contribution in [-0.2, 0) is 14.8 Å². The molecule has 9 heteroatoms. The Morgan fingerprint density at radius 1 is 1.13 bits per heavy atom. The number of urea groups is 1. The summed E-state index contributed by atoms with van der Waals surface area (Å²) in [5, 5.41) is 3.16. The number of rotatable bonds is 6. The fourth-order valence-electron chi connectivity index (χ4n) is 3.19. The van der Waals surface area contributed by atoms with E-state index >= 15 is 0 Å². The van der Waals surface area contributed by atoms with Crippen molar-refractivity contribution in [2.75, 3.05) is 11.9 Å². The van der Waals surface area contributed by atoms with Crippen LogP contribution in [0.15, 0.2) is 35.2 Å². The van der Waals surface area contributed by atoms with Crippen molar-refractivity contribution in [3.05, 3.63) is 57.9 Å². The van der Waals surface area contributed by atoms with E-state index in [1.807, 2.05) is 32.4 Å². The molecule has 1 heterocycles. The van der Waals surface area contributed by atoms with Crippen LogP contribution in [0.25, 0.3) is 0 Å². The summed E-state index contributed by atoms with van der Waals surface area (Å²) in [6, 6.07) is 6.19. The highest BCUT2D eigenvalue weighted by atomic mass is 35.5. The van der Waals surface area contributed by atoms with Crippen LogP contribution in [0, 0.1) is 5.82 Å². The predicted molar refractivity (Wildman–Crippen MR) is 114 cm³/mol. The van der Waals surface area contributed by atoms with E-state index in [1.165, 1.54) is 12.1 Å². The van der Waals surface area contributed by atoms with Gasteiger partial charge in [0.05, 0.1) is 6.61 Å². The van der Waals surface area contributed by atoms with Crippen molar-refractivity contribution in [2.24, 2.45) is 0 Å². The number of epoxide rings is 1. The summed E-state index contributed by atoms with van der Waals surface area (Å²) in [5.74, 6) is -0.890. The first-order chi connectivity index (χ1) is 14.0. The molecule has 0 saturated carbocycles. The van der Waals surface area contributed by atoms with Crippen molar-refractivity contribution in [1.29, 1.82) is 0 Å². The molecule has 1 aliphatic rings. The number of hydrogen-bond donors (Lipinski definition) is 2. The molecular weight excluding hydrogens is 433 g/mol. The lowest BCUT2D eigenvalue weighted by Gasteiger charge is -2.21. The number of sulfonamides is 1. The van der Waals surface area contributed by atoms with Crippen LogP contribution in [-0.4, -0.2) is 21.1 Å². The van der Waals surface area contributed by atoms with E-state index < -0.39 is 26.8 Å². The highest BCUT2D eigenvalue weighted by Gasteiger charge is 2.29. The molecule has 2 aromatic rings. The quantitative estimate of drug-likeness (QED) is 0.577. The van der Waals surface area contributed by atoms with Gasteiger partial charge in [0.25, 0.3) is 10.0 Å². The number of hydrogen-bond acceptors (Lipinski definition) is 4. The molecule has 162 valence electrons. The van der Waals surface area contributed by atoms with E-state index in [2.05, 4.69) is 5.32 Å². The summed E-state index contributed by atoms with van der Waals surface area (Å²) in [6.07, 6.45) is -0.246. The molecule has 1 saturated heterocycles. The zero-order chi connectivity index (χ0) is 22.2. The van der Waals surface area contributed by atoms with Gasteiger partial charge in [-0.2, -0.15) is 0 Å². The highest BCUT2D eigenvalue weighted by molar-refractivity contribution is 7.90. The van der Waals surface area contributed by atoms with Crippen LogP contribution in [0.2, 0.25) is 5.02 Å². The minimum absolute atomic E-state index is 0.0285. The van der Waals surface area contributed by atoms with Crippen molar-refractivity contribution in [3.8, 4) is 0 Å². The van der Waals surface area contributed by atoms with Crippen molar-refractivity contribution in [3.63, 3.8) is 0 Å². The van der Waals surface area contributed by atoms with Crippen LogP contribution in [0.4, 0.5) is 14.9 Å². The van der Waals surface area contributed by atoms with Gasteiger partial charge in [-0.1, -0.05) is 45.4 Å². The number of anilines is 1. The van der Waals surface area contributed by atoms with Gasteiger partial charge in [0.15, 0.2) is 0 Å². The fourth-order valence-corrected chi connectivity index (χ4v) is 4.44. The Hall–Kier alpha value is -2.16. The minimum atomic E-state index is -4.43. The Labute approximate surface area is 180 Å². The van der Waals surface area contributed by atoms with Crippen LogP contribution in [0.1, 0.15) is 62.3 Å². The molecule has 2 aromatic carbocycles. The average Bonchev–Trinajstić information content (AvgIpc) is 3.47. The molecule has 0 spiro atoms. The number of ether oxygens (including phenoxy) is 1. The van der Waals surface area contributed by atoms with Crippen molar-refractivity contribution in [2.45, 2.75) is 50.5 Å². The molecule has 1 fully saturated rings. The molecule has 1 atom stereocenters. The number of amides is 2. The summed E-state index contributed by atoms with van der Waals surface area (Å²) in [5.41, 5.74) is 2.59. The second-order valence-electron chi connectivity index (χ2n) is 7.84. The normalized spacial score (nSPS) is 16.1. The summed E-state index contributed by atoms with van der Waals surface area (Å²) in [7, 11) is -4.43. The summed E-state index contributed by atoms with van der Waals surface area (Å²) < 4.78 is 46.6. The number of benzene rings is 2. The Balaban J connectivity index is 1.90. The molecule has 30 heavy (non-hydrogen) atoms. The maximum absolute atomic E-state index is 14.2. The third-order valence-electron chi connectivity index (χ3n) is 4.82. The van der Waals surface area contributed by atoms with Crippen LogP contribution >= 0.6 is 11.6 Å². The van der Waals surface area contributed by atoms with E-state index in [9.17, 15) is 17.6 Å². The van der Waals surface area contributed by atoms with Crippen molar-refractivity contribution >= 4 is 33.3 Å². The van der Waals surface area contributed by atoms with E-state index in [4.69, 9.17) is 16.3 Å². The van der Waals surface area contributed by atoms with Gasteiger partial charge in [0.2, 0.25) is 0 Å². The number of carbonyl (C=O) groups excluding carboxylic acids is 1. The van der Waals surface area contributed by atoms with Crippen LogP contribution in [0.5, 0.6) is 0 Å². The Kier molecular flexibility index (Phi) is 6.40. The third-order valence-corrected chi connectivity index (χ3v) is 6.39. The van der Waals surface area contributed by atoms with Crippen molar-refractivity contribution < 1.29 is 22.3 Å². The summed E-state index contributed by atoms with van der Waals surface area (Å²) >= 11 is 6.22. The van der Waals surface area contributed by atoms with Crippen molar-refractivity contribution in [1.82, 2.24) is 4.72 Å². The predicted octanol–water partition coefficient (Wildman–Crippen LogP) is 5.31. The molecule has 0 radical (unpaired) electrons. The lowest BCUT2D eigenvalue weighted by molar-refractivity contribution is 0.256. The summed E-state index contributed by atoms with van der Waals surface area (Å²) in [4.78, 5) is 12.0. The molecular formula is C21H24ClFN2O4S. The summed E-state index contributed by atoms with van der Waals surface area (Å²) in [6.45, 7) is 8.21.